The third-order valence-electron chi connectivity index (χ3n) is 4.38. The van der Waals surface area contributed by atoms with E-state index in [-0.39, 0.29) is 23.3 Å². The summed E-state index contributed by atoms with van der Waals surface area (Å²) < 4.78 is 32.3. The molecule has 2 aliphatic heterocycles. The minimum absolute atomic E-state index is 0.183. The summed E-state index contributed by atoms with van der Waals surface area (Å²) in [5.74, 6) is 0.181. The minimum atomic E-state index is -3.59. The van der Waals surface area contributed by atoms with Crippen molar-refractivity contribution in [2.45, 2.75) is 17.7 Å². The van der Waals surface area contributed by atoms with Gasteiger partial charge in [-0.1, -0.05) is 0 Å². The van der Waals surface area contributed by atoms with Crippen molar-refractivity contribution in [3.05, 3.63) is 23.8 Å². The lowest BCUT2D eigenvalue weighted by atomic mass is 10.1. The Hall–Kier alpha value is -1.64. The fourth-order valence-corrected chi connectivity index (χ4v) is 4.52. The van der Waals surface area contributed by atoms with Gasteiger partial charge in [0, 0.05) is 26.6 Å². The van der Waals surface area contributed by atoms with E-state index >= 15 is 0 Å². The topological polar surface area (TPSA) is 76.2 Å². The summed E-state index contributed by atoms with van der Waals surface area (Å²) in [5, 5.41) is 1.15. The van der Waals surface area contributed by atoms with Gasteiger partial charge >= 0.3 is 0 Å². The first-order valence-electron chi connectivity index (χ1n) is 7.51. The Labute approximate surface area is 135 Å². The molecule has 0 spiro atoms. The molecule has 0 aromatic heterocycles. The van der Waals surface area contributed by atoms with Crippen LogP contribution in [0.1, 0.15) is 12.0 Å². The molecule has 126 valence electrons. The maximum Gasteiger partial charge on any atom is 0.250 e. The molecule has 2 heterocycles. The number of hydroxylamine groups is 2. The number of carbonyl (C=O) groups is 1. The molecular formula is C15H20N2O5S. The first kappa shape index (κ1) is 16.2. The normalized spacial score (nSPS) is 21.0. The molecule has 1 atom stereocenters. The second kappa shape index (κ2) is 6.10. The zero-order valence-electron chi connectivity index (χ0n) is 13.2. The number of hydrogen-bond donors (Lipinski definition) is 0. The van der Waals surface area contributed by atoms with Gasteiger partial charge in [-0.2, -0.15) is 4.31 Å². The van der Waals surface area contributed by atoms with E-state index in [0.717, 1.165) is 22.8 Å². The number of rotatable bonds is 4. The summed E-state index contributed by atoms with van der Waals surface area (Å²) in [7, 11) is -0.654. The predicted molar refractivity (Wildman–Crippen MR) is 82.3 cm³/mol. The Bertz CT molecular complexity index is 719. The van der Waals surface area contributed by atoms with E-state index in [4.69, 9.17) is 9.57 Å². The van der Waals surface area contributed by atoms with E-state index in [9.17, 15) is 13.2 Å². The lowest BCUT2D eigenvalue weighted by molar-refractivity contribution is -0.172. The lowest BCUT2D eigenvalue weighted by Crippen LogP contribution is -2.35. The van der Waals surface area contributed by atoms with Gasteiger partial charge in [0.2, 0.25) is 15.9 Å². The summed E-state index contributed by atoms with van der Waals surface area (Å²) in [6.07, 6.45) is 1.22. The van der Waals surface area contributed by atoms with Gasteiger partial charge in [0.15, 0.2) is 0 Å². The van der Waals surface area contributed by atoms with Crippen LogP contribution < -0.4 is 4.74 Å². The maximum atomic E-state index is 12.8. The van der Waals surface area contributed by atoms with E-state index in [1.807, 2.05) is 0 Å². The molecule has 1 amide bonds. The molecule has 0 aliphatic carbocycles. The van der Waals surface area contributed by atoms with Crippen molar-refractivity contribution in [2.24, 2.45) is 5.92 Å². The van der Waals surface area contributed by atoms with E-state index in [1.165, 1.54) is 18.5 Å². The van der Waals surface area contributed by atoms with Gasteiger partial charge in [0.1, 0.15) is 5.75 Å². The Morgan fingerprint density at radius 1 is 1.43 bits per heavy atom. The van der Waals surface area contributed by atoms with Crippen LogP contribution in [0.3, 0.4) is 0 Å². The quantitative estimate of drug-likeness (QED) is 0.752. The highest BCUT2D eigenvalue weighted by atomic mass is 32.2. The standard InChI is InChI=1S/C15H20N2O5S/c1-16(21-2)15(18)12-5-7-17(10-12)23(19,20)13-3-4-14-11(9-13)6-8-22-14/h3-4,9,12H,5-8,10H2,1-2H3/t12-/m1/s1. The van der Waals surface area contributed by atoms with Gasteiger partial charge in [-0.3, -0.25) is 9.63 Å². The smallest absolute Gasteiger partial charge is 0.250 e. The first-order valence-corrected chi connectivity index (χ1v) is 8.95. The zero-order chi connectivity index (χ0) is 16.6. The number of ether oxygens (including phenoxy) is 1. The number of fused-ring (bicyclic) bond motifs is 1. The Kier molecular flexibility index (Phi) is 4.31. The average molecular weight is 340 g/mol. The lowest BCUT2D eigenvalue weighted by Gasteiger charge is -2.19. The number of amides is 1. The molecule has 0 saturated carbocycles. The summed E-state index contributed by atoms with van der Waals surface area (Å²) in [5.41, 5.74) is 0.914. The molecule has 1 fully saturated rings. The van der Waals surface area contributed by atoms with Gasteiger partial charge in [-0.05, 0) is 30.2 Å². The van der Waals surface area contributed by atoms with Crippen LogP contribution in [0.4, 0.5) is 0 Å². The number of sulfonamides is 1. The molecule has 0 unspecified atom stereocenters. The van der Waals surface area contributed by atoms with Crippen molar-refractivity contribution < 1.29 is 22.8 Å². The van der Waals surface area contributed by atoms with Crippen LogP contribution in [0.5, 0.6) is 5.75 Å². The minimum Gasteiger partial charge on any atom is -0.493 e. The Morgan fingerprint density at radius 2 is 2.22 bits per heavy atom. The van der Waals surface area contributed by atoms with Crippen molar-refractivity contribution in [1.29, 1.82) is 0 Å². The fraction of sp³-hybridized carbons (Fsp3) is 0.533. The summed E-state index contributed by atoms with van der Waals surface area (Å²) in [4.78, 5) is 17.2. The van der Waals surface area contributed by atoms with Crippen LogP contribution in [0.2, 0.25) is 0 Å². The third kappa shape index (κ3) is 2.93. The van der Waals surface area contributed by atoms with E-state index < -0.39 is 10.0 Å². The van der Waals surface area contributed by atoms with Crippen molar-refractivity contribution in [3.63, 3.8) is 0 Å². The molecule has 0 N–H and O–H groups in total. The molecule has 0 bridgehead atoms. The van der Waals surface area contributed by atoms with Crippen LogP contribution >= 0.6 is 0 Å². The van der Waals surface area contributed by atoms with Crippen LogP contribution in [0.15, 0.2) is 23.1 Å². The van der Waals surface area contributed by atoms with Gasteiger partial charge < -0.3 is 4.74 Å². The molecule has 7 nitrogen and oxygen atoms in total. The second-order valence-corrected chi connectivity index (χ2v) is 7.67. The molecule has 0 radical (unpaired) electrons. The molecule has 2 aliphatic rings. The van der Waals surface area contributed by atoms with Crippen molar-refractivity contribution >= 4 is 15.9 Å². The fourth-order valence-electron chi connectivity index (χ4n) is 2.97. The predicted octanol–water partition coefficient (Wildman–Crippen LogP) is 0.652. The first-order chi connectivity index (χ1) is 10.9. The van der Waals surface area contributed by atoms with Crippen molar-refractivity contribution in [3.8, 4) is 5.75 Å². The highest BCUT2D eigenvalue weighted by Gasteiger charge is 2.37. The second-order valence-electron chi connectivity index (χ2n) is 5.73. The van der Waals surface area contributed by atoms with Gasteiger partial charge in [-0.15, -0.1) is 0 Å². The van der Waals surface area contributed by atoms with Gasteiger partial charge in [0.05, 0.1) is 24.5 Å². The molecule has 1 aromatic rings. The summed E-state index contributed by atoms with van der Waals surface area (Å²) in [6, 6.07) is 4.94. The molecule has 3 rings (SSSR count). The van der Waals surface area contributed by atoms with Crippen molar-refractivity contribution in [2.75, 3.05) is 33.9 Å². The molecular weight excluding hydrogens is 320 g/mol. The largest absolute Gasteiger partial charge is 0.493 e. The highest BCUT2D eigenvalue weighted by molar-refractivity contribution is 7.89. The Morgan fingerprint density at radius 3 is 2.96 bits per heavy atom. The monoisotopic (exact) mass is 340 g/mol. The van der Waals surface area contributed by atoms with E-state index in [1.54, 1.807) is 18.2 Å². The molecule has 1 saturated heterocycles. The SMILES string of the molecule is CON(C)C(=O)[C@@H]1CCN(S(=O)(=O)c2ccc3c(c2)CCO3)C1. The average Bonchev–Trinajstić information content (AvgIpc) is 3.21. The number of hydrogen-bond acceptors (Lipinski definition) is 5. The number of nitrogens with zero attached hydrogens (tertiary/aromatic N) is 2. The summed E-state index contributed by atoms with van der Waals surface area (Å²) in [6.45, 7) is 1.11. The van der Waals surface area contributed by atoms with Gasteiger partial charge in [-0.25, -0.2) is 13.5 Å². The van der Waals surface area contributed by atoms with Crippen LogP contribution in [0.25, 0.3) is 0 Å². The molecule has 23 heavy (non-hydrogen) atoms. The van der Waals surface area contributed by atoms with Crippen LogP contribution in [-0.2, 0) is 26.1 Å². The molecule has 8 heteroatoms. The van der Waals surface area contributed by atoms with Gasteiger partial charge in [0.25, 0.3) is 0 Å². The van der Waals surface area contributed by atoms with Crippen molar-refractivity contribution in [1.82, 2.24) is 9.37 Å². The van der Waals surface area contributed by atoms with E-state index in [2.05, 4.69) is 0 Å². The highest BCUT2D eigenvalue weighted by Crippen LogP contribution is 2.31. The van der Waals surface area contributed by atoms with Crippen LogP contribution in [-0.4, -0.2) is 57.5 Å². The molecule has 1 aromatic carbocycles. The van der Waals surface area contributed by atoms with E-state index in [0.29, 0.717) is 19.6 Å². The number of benzene rings is 1. The maximum absolute atomic E-state index is 12.8. The number of carbonyl (C=O) groups excluding carboxylic acids is 1. The van der Waals surface area contributed by atoms with Crippen LogP contribution in [0, 0.1) is 5.92 Å². The Balaban J connectivity index is 1.78. The third-order valence-corrected chi connectivity index (χ3v) is 6.24. The summed E-state index contributed by atoms with van der Waals surface area (Å²) >= 11 is 0. The zero-order valence-corrected chi connectivity index (χ0v) is 14.0.